The zero-order valence-corrected chi connectivity index (χ0v) is 12.7. The van der Waals surface area contributed by atoms with Gasteiger partial charge < -0.3 is 10.1 Å². The van der Waals surface area contributed by atoms with Crippen LogP contribution in [0.5, 0.6) is 0 Å². The molecule has 6 heteroatoms. The van der Waals surface area contributed by atoms with Gasteiger partial charge in [-0.1, -0.05) is 20.8 Å². The van der Waals surface area contributed by atoms with Gasteiger partial charge in [0.2, 0.25) is 0 Å². The largest absolute Gasteiger partial charge is 0.465 e. The van der Waals surface area contributed by atoms with Crippen molar-refractivity contribution >= 4 is 34.9 Å². The minimum absolute atomic E-state index is 0.0272. The fraction of sp³-hybridized carbons (Fsp3) is 0.818. The van der Waals surface area contributed by atoms with E-state index in [1.807, 2.05) is 20.8 Å². The third-order valence-electron chi connectivity index (χ3n) is 2.48. The van der Waals surface area contributed by atoms with E-state index in [4.69, 9.17) is 4.74 Å². The van der Waals surface area contributed by atoms with Crippen LogP contribution in [-0.2, 0) is 9.53 Å². The Balaban J connectivity index is 3.67. The first-order valence-corrected chi connectivity index (χ1v) is 6.91. The van der Waals surface area contributed by atoms with Crippen LogP contribution in [-0.4, -0.2) is 25.2 Å². The molecule has 17 heavy (non-hydrogen) atoms. The van der Waals surface area contributed by atoms with E-state index in [0.717, 1.165) is 6.42 Å². The lowest BCUT2D eigenvalue weighted by Crippen LogP contribution is -2.31. The Kier molecular flexibility index (Phi) is 9.20. The van der Waals surface area contributed by atoms with Crippen LogP contribution in [0.4, 0.5) is 4.79 Å². The van der Waals surface area contributed by atoms with Gasteiger partial charge in [-0.15, -0.1) is 0 Å². The quantitative estimate of drug-likeness (QED) is 0.318. The van der Waals surface area contributed by atoms with Crippen molar-refractivity contribution < 1.29 is 14.3 Å². The highest BCUT2D eigenvalue weighted by molar-refractivity contribution is 14.1. The Morgan fingerprint density at radius 1 is 1.35 bits per heavy atom. The smallest absolute Gasteiger partial charge is 0.323 e. The first kappa shape index (κ1) is 16.5. The molecular formula is C11H21IN2O3. The lowest BCUT2D eigenvalue weighted by molar-refractivity contribution is -0.150. The molecule has 0 rings (SSSR count). The summed E-state index contributed by atoms with van der Waals surface area (Å²) in [6, 6.07) is -0.231. The Labute approximate surface area is 117 Å². The van der Waals surface area contributed by atoms with Gasteiger partial charge in [0.05, 0.1) is 35.4 Å². The summed E-state index contributed by atoms with van der Waals surface area (Å²) >= 11 is 1.76. The molecule has 1 unspecified atom stereocenters. The minimum atomic E-state index is -0.231. The van der Waals surface area contributed by atoms with E-state index in [1.54, 1.807) is 22.9 Å². The van der Waals surface area contributed by atoms with E-state index in [1.165, 1.54) is 0 Å². The van der Waals surface area contributed by atoms with Crippen molar-refractivity contribution in [2.75, 3.05) is 13.2 Å². The Morgan fingerprint density at radius 3 is 2.47 bits per heavy atom. The molecule has 2 amide bonds. The van der Waals surface area contributed by atoms with Crippen molar-refractivity contribution in [2.24, 2.45) is 11.8 Å². The summed E-state index contributed by atoms with van der Waals surface area (Å²) in [6.45, 7) is 6.87. The number of carbonyl (C=O) groups excluding carboxylic acids is 2. The van der Waals surface area contributed by atoms with E-state index in [2.05, 4.69) is 8.85 Å². The van der Waals surface area contributed by atoms with Crippen molar-refractivity contribution in [3.8, 4) is 0 Å². The van der Waals surface area contributed by atoms with Gasteiger partial charge >= 0.3 is 12.0 Å². The predicted molar refractivity (Wildman–Crippen MR) is 74.7 cm³/mol. The Morgan fingerprint density at radius 2 is 2.00 bits per heavy atom. The maximum atomic E-state index is 11.6. The van der Waals surface area contributed by atoms with Crippen LogP contribution in [0.25, 0.3) is 0 Å². The van der Waals surface area contributed by atoms with Crippen molar-refractivity contribution in [2.45, 2.75) is 33.6 Å². The molecule has 0 heterocycles. The second-order valence-corrected chi connectivity index (χ2v) is 4.67. The van der Waals surface area contributed by atoms with Gasteiger partial charge in [0.1, 0.15) is 0 Å². The Bertz CT molecular complexity index is 247. The number of carbonyl (C=O) groups is 2. The van der Waals surface area contributed by atoms with Gasteiger partial charge in [0.25, 0.3) is 0 Å². The summed E-state index contributed by atoms with van der Waals surface area (Å²) in [4.78, 5) is 22.5. The first-order valence-electron chi connectivity index (χ1n) is 5.84. The molecule has 0 saturated heterocycles. The maximum absolute atomic E-state index is 11.6. The van der Waals surface area contributed by atoms with Crippen LogP contribution < -0.4 is 8.85 Å². The molecule has 2 N–H and O–H groups in total. The monoisotopic (exact) mass is 356 g/mol. The molecule has 0 aliphatic rings. The number of hydrogen-bond donors (Lipinski definition) is 2. The van der Waals surface area contributed by atoms with Crippen LogP contribution in [0, 0.1) is 11.8 Å². The lowest BCUT2D eigenvalue weighted by atomic mass is 9.93. The standard InChI is InChI=1S/C11H21IN2O3/c1-4-9(8(2)3)10(15)17-7-5-6-13-11(16)14-12/h8-9H,4-7H2,1-3H3,(H2,13,14,16). The molecular weight excluding hydrogens is 335 g/mol. The lowest BCUT2D eigenvalue weighted by Gasteiger charge is -2.17. The average molecular weight is 356 g/mol. The van der Waals surface area contributed by atoms with Crippen molar-refractivity contribution in [3.63, 3.8) is 0 Å². The van der Waals surface area contributed by atoms with Crippen LogP contribution in [0.2, 0.25) is 0 Å². The molecule has 0 bridgehead atoms. The topological polar surface area (TPSA) is 67.4 Å². The van der Waals surface area contributed by atoms with E-state index < -0.39 is 0 Å². The second-order valence-electron chi connectivity index (χ2n) is 4.13. The van der Waals surface area contributed by atoms with Gasteiger partial charge in [-0.3, -0.25) is 8.32 Å². The summed E-state index contributed by atoms with van der Waals surface area (Å²) in [5.74, 6) is 0.136. The Hall–Kier alpha value is -0.530. The molecule has 0 fully saturated rings. The molecule has 1 atom stereocenters. The van der Waals surface area contributed by atoms with E-state index in [-0.39, 0.29) is 17.9 Å². The molecule has 0 radical (unpaired) electrons. The number of ether oxygens (including phenoxy) is 1. The summed E-state index contributed by atoms with van der Waals surface area (Å²) in [7, 11) is 0. The number of urea groups is 1. The summed E-state index contributed by atoms with van der Waals surface area (Å²) in [6.07, 6.45) is 1.43. The SMILES string of the molecule is CCC(C(=O)OCCCNC(=O)NI)C(C)C. The highest BCUT2D eigenvalue weighted by Crippen LogP contribution is 2.16. The zero-order valence-electron chi connectivity index (χ0n) is 10.6. The molecule has 0 spiro atoms. The van der Waals surface area contributed by atoms with Gasteiger partial charge in [-0.05, 0) is 18.8 Å². The third-order valence-corrected chi connectivity index (χ3v) is 2.97. The maximum Gasteiger partial charge on any atom is 0.323 e. The average Bonchev–Trinajstić information content (AvgIpc) is 2.28. The molecule has 0 aliphatic heterocycles. The van der Waals surface area contributed by atoms with Crippen LogP contribution in [0.3, 0.4) is 0 Å². The number of amides is 2. The summed E-state index contributed by atoms with van der Waals surface area (Å²) in [5, 5.41) is 2.62. The molecule has 100 valence electrons. The van der Waals surface area contributed by atoms with Gasteiger partial charge in [0.15, 0.2) is 0 Å². The molecule has 0 aromatic heterocycles. The third kappa shape index (κ3) is 7.40. The molecule has 0 aliphatic carbocycles. The van der Waals surface area contributed by atoms with E-state index >= 15 is 0 Å². The fourth-order valence-electron chi connectivity index (χ4n) is 1.50. The van der Waals surface area contributed by atoms with Gasteiger partial charge in [0, 0.05) is 6.54 Å². The normalized spacial score (nSPS) is 12.1. The van der Waals surface area contributed by atoms with Crippen molar-refractivity contribution in [1.29, 1.82) is 0 Å². The van der Waals surface area contributed by atoms with Gasteiger partial charge in [-0.2, -0.15) is 0 Å². The van der Waals surface area contributed by atoms with Crippen LogP contribution in [0.15, 0.2) is 0 Å². The molecule has 0 saturated carbocycles. The second kappa shape index (κ2) is 9.49. The minimum Gasteiger partial charge on any atom is -0.465 e. The molecule has 0 aromatic carbocycles. The number of esters is 1. The summed E-state index contributed by atoms with van der Waals surface area (Å²) in [5.41, 5.74) is 0. The number of hydrogen-bond acceptors (Lipinski definition) is 3. The number of rotatable bonds is 7. The van der Waals surface area contributed by atoms with E-state index in [9.17, 15) is 9.59 Å². The fourth-order valence-corrected chi connectivity index (χ4v) is 1.69. The van der Waals surface area contributed by atoms with Crippen molar-refractivity contribution in [3.05, 3.63) is 0 Å². The predicted octanol–water partition coefficient (Wildman–Crippen LogP) is 2.25. The highest BCUT2D eigenvalue weighted by Gasteiger charge is 2.21. The molecule has 0 aromatic rings. The van der Waals surface area contributed by atoms with Crippen LogP contribution in [0.1, 0.15) is 33.6 Å². The summed E-state index contributed by atoms with van der Waals surface area (Å²) < 4.78 is 7.58. The highest BCUT2D eigenvalue weighted by atomic mass is 127. The zero-order chi connectivity index (χ0) is 13.3. The van der Waals surface area contributed by atoms with Crippen molar-refractivity contribution in [1.82, 2.24) is 8.85 Å². The first-order chi connectivity index (χ1) is 8.02. The number of nitrogens with one attached hydrogen (secondary N) is 2. The van der Waals surface area contributed by atoms with E-state index in [0.29, 0.717) is 25.5 Å². The van der Waals surface area contributed by atoms with Crippen LogP contribution >= 0.6 is 22.9 Å². The van der Waals surface area contributed by atoms with Gasteiger partial charge in [-0.25, -0.2) is 4.79 Å². The molecule has 5 nitrogen and oxygen atoms in total. The number of halogens is 1.